The highest BCUT2D eigenvalue weighted by Gasteiger charge is 2.35. The van der Waals surface area contributed by atoms with Gasteiger partial charge in [-0.15, -0.1) is 4.41 Å². The van der Waals surface area contributed by atoms with Crippen molar-refractivity contribution in [3.05, 3.63) is 54.1 Å². The van der Waals surface area contributed by atoms with Gasteiger partial charge in [0.15, 0.2) is 0 Å². The number of benzene rings is 1. The molecule has 1 aromatic carbocycles. The van der Waals surface area contributed by atoms with Crippen LogP contribution in [-0.2, 0) is 19.6 Å². The van der Waals surface area contributed by atoms with Gasteiger partial charge in [0.25, 0.3) is 0 Å². The summed E-state index contributed by atoms with van der Waals surface area (Å²) in [5.41, 5.74) is 5.53. The molecule has 0 aliphatic carbocycles. The van der Waals surface area contributed by atoms with E-state index in [1.54, 1.807) is 18.5 Å². The van der Waals surface area contributed by atoms with Crippen molar-refractivity contribution < 1.29 is 23.2 Å². The maximum Gasteiger partial charge on any atom is 0.247 e. The second kappa shape index (κ2) is 12.4. The van der Waals surface area contributed by atoms with E-state index >= 15 is 0 Å². The Hall–Kier alpha value is -2.49. The van der Waals surface area contributed by atoms with E-state index in [1.165, 1.54) is 0 Å². The van der Waals surface area contributed by atoms with E-state index < -0.39 is 33.7 Å². The number of hydrazine groups is 1. The second-order valence-electron chi connectivity index (χ2n) is 8.07. The highest BCUT2D eigenvalue weighted by Crippen LogP contribution is 2.26. The molecule has 9 heteroatoms. The predicted octanol–water partition coefficient (Wildman–Crippen LogP) is 2.74. The molecule has 0 heterocycles. The van der Waals surface area contributed by atoms with Gasteiger partial charge in [-0.05, 0) is 31.2 Å². The molecule has 0 aliphatic rings. The molecule has 0 aliphatic heterocycles. The van der Waals surface area contributed by atoms with Crippen LogP contribution < -0.4 is 10.9 Å². The van der Waals surface area contributed by atoms with Crippen molar-refractivity contribution in [2.75, 3.05) is 12.8 Å². The first kappa shape index (κ1) is 26.5. The largest absolute Gasteiger partial charge is 0.289 e. The molecule has 172 valence electrons. The third-order valence-corrected chi connectivity index (χ3v) is 5.56. The molecular formula is C22H33N3O5S. The predicted molar refractivity (Wildman–Crippen MR) is 121 cm³/mol. The lowest BCUT2D eigenvalue weighted by Gasteiger charge is -2.28. The maximum atomic E-state index is 13.1. The van der Waals surface area contributed by atoms with Gasteiger partial charge in [0.2, 0.25) is 21.8 Å². The van der Waals surface area contributed by atoms with Gasteiger partial charge in [0, 0.05) is 0 Å². The Balaban J connectivity index is 3.15. The van der Waals surface area contributed by atoms with Crippen LogP contribution in [0.4, 0.5) is 0 Å². The van der Waals surface area contributed by atoms with E-state index in [9.17, 15) is 23.2 Å². The Bertz CT molecular complexity index is 882. The number of hydroxylamine groups is 1. The van der Waals surface area contributed by atoms with Crippen LogP contribution in [0.25, 0.3) is 6.08 Å². The number of hydrogen-bond donors (Lipinski definition) is 3. The van der Waals surface area contributed by atoms with Crippen LogP contribution in [0.5, 0.6) is 0 Å². The Kier molecular flexibility index (Phi) is 10.6. The molecule has 0 saturated carbocycles. The third-order valence-electron chi connectivity index (χ3n) is 4.54. The summed E-state index contributed by atoms with van der Waals surface area (Å²) >= 11 is 0. The lowest BCUT2D eigenvalue weighted by molar-refractivity contribution is -0.141. The number of carbonyl (C=O) groups excluding carboxylic acids is 2. The zero-order valence-electron chi connectivity index (χ0n) is 18.5. The number of rotatable bonds is 12. The molecule has 0 unspecified atom stereocenters. The van der Waals surface area contributed by atoms with Crippen LogP contribution in [0.3, 0.4) is 0 Å². The minimum atomic E-state index is -3.74. The molecular weight excluding hydrogens is 418 g/mol. The fourth-order valence-electron chi connectivity index (χ4n) is 3.10. The van der Waals surface area contributed by atoms with Gasteiger partial charge >= 0.3 is 0 Å². The molecule has 0 aromatic heterocycles. The normalized spacial score (nSPS) is 13.9. The highest BCUT2D eigenvalue weighted by molar-refractivity contribution is 7.88. The molecule has 0 saturated heterocycles. The van der Waals surface area contributed by atoms with Crippen molar-refractivity contribution in [1.29, 1.82) is 0 Å². The van der Waals surface area contributed by atoms with Crippen molar-refractivity contribution in [2.24, 2.45) is 17.8 Å². The first-order valence-electron chi connectivity index (χ1n) is 10.0. The SMILES string of the molecule is C=C(C)CN(NC(=O)[C@H](CC(C)C)[C@H](CC=Cc1ccccc1)C(=O)NO)S(C)(=O)=O. The Morgan fingerprint density at radius 3 is 2.26 bits per heavy atom. The van der Waals surface area contributed by atoms with E-state index in [-0.39, 0.29) is 18.9 Å². The molecule has 0 spiro atoms. The first-order chi connectivity index (χ1) is 14.5. The minimum Gasteiger partial charge on any atom is -0.289 e. The fourth-order valence-corrected chi connectivity index (χ4v) is 3.82. The number of nitrogens with zero attached hydrogens (tertiary/aromatic N) is 1. The molecule has 0 radical (unpaired) electrons. The highest BCUT2D eigenvalue weighted by atomic mass is 32.2. The van der Waals surface area contributed by atoms with Gasteiger partial charge < -0.3 is 0 Å². The van der Waals surface area contributed by atoms with Gasteiger partial charge in [-0.25, -0.2) is 13.9 Å². The lowest BCUT2D eigenvalue weighted by Crippen LogP contribution is -2.51. The number of hydrogen-bond acceptors (Lipinski definition) is 5. The summed E-state index contributed by atoms with van der Waals surface area (Å²) in [4.78, 5) is 25.5. The standard InChI is InChI=1S/C22H33N3O5S/c1-16(2)14-20(21(26)23-25(15-17(3)4)31(5,29)30)19(22(27)24-28)13-9-12-18-10-7-6-8-11-18/h6-12,16,19-20,28H,3,13-15H2,1-2,4-5H3,(H,23,26)(H,24,27)/t19-,20+/m0/s1. The minimum absolute atomic E-state index is 0.0515. The second-order valence-corrected chi connectivity index (χ2v) is 9.98. The Labute approximate surface area is 185 Å². The van der Waals surface area contributed by atoms with Crippen molar-refractivity contribution >= 4 is 27.9 Å². The molecule has 2 amide bonds. The molecule has 3 N–H and O–H groups in total. The summed E-state index contributed by atoms with van der Waals surface area (Å²) < 4.78 is 25.0. The molecule has 1 rings (SSSR count). The summed E-state index contributed by atoms with van der Waals surface area (Å²) in [6, 6.07) is 9.46. The van der Waals surface area contributed by atoms with Gasteiger partial charge in [0.1, 0.15) is 0 Å². The van der Waals surface area contributed by atoms with Crippen LogP contribution in [0, 0.1) is 17.8 Å². The smallest absolute Gasteiger partial charge is 0.247 e. The van der Waals surface area contributed by atoms with E-state index in [0.717, 1.165) is 16.2 Å². The monoisotopic (exact) mass is 451 g/mol. The van der Waals surface area contributed by atoms with Crippen molar-refractivity contribution in [1.82, 2.24) is 15.3 Å². The summed E-state index contributed by atoms with van der Waals surface area (Å²) in [5.74, 6) is -3.01. The molecule has 31 heavy (non-hydrogen) atoms. The van der Waals surface area contributed by atoms with Gasteiger partial charge in [-0.1, -0.05) is 68.5 Å². The van der Waals surface area contributed by atoms with Crippen molar-refractivity contribution in [3.63, 3.8) is 0 Å². The van der Waals surface area contributed by atoms with Crippen molar-refractivity contribution in [3.8, 4) is 0 Å². The van der Waals surface area contributed by atoms with E-state index in [1.807, 2.05) is 50.3 Å². The Morgan fingerprint density at radius 2 is 1.77 bits per heavy atom. The fraction of sp³-hybridized carbons (Fsp3) is 0.455. The van der Waals surface area contributed by atoms with Crippen LogP contribution in [0.15, 0.2) is 48.6 Å². The summed E-state index contributed by atoms with van der Waals surface area (Å²) in [6.45, 7) is 9.05. The average molecular weight is 452 g/mol. The van der Waals surface area contributed by atoms with E-state index in [0.29, 0.717) is 12.0 Å². The number of amides is 2. The van der Waals surface area contributed by atoms with Crippen LogP contribution >= 0.6 is 0 Å². The lowest BCUT2D eigenvalue weighted by atomic mass is 9.82. The van der Waals surface area contributed by atoms with Crippen molar-refractivity contribution in [2.45, 2.75) is 33.6 Å². The van der Waals surface area contributed by atoms with Crippen LogP contribution in [0.2, 0.25) is 0 Å². The molecule has 0 bridgehead atoms. The number of nitrogens with one attached hydrogen (secondary N) is 2. The first-order valence-corrected chi connectivity index (χ1v) is 11.9. The number of carbonyl (C=O) groups is 2. The van der Waals surface area contributed by atoms with Crippen LogP contribution in [-0.4, -0.2) is 42.7 Å². The average Bonchev–Trinajstić information content (AvgIpc) is 2.68. The van der Waals surface area contributed by atoms with Gasteiger partial charge in [-0.2, -0.15) is 0 Å². The zero-order chi connectivity index (χ0) is 23.6. The summed E-state index contributed by atoms with van der Waals surface area (Å²) in [7, 11) is -3.74. The summed E-state index contributed by atoms with van der Waals surface area (Å²) in [6.07, 6.45) is 5.08. The third kappa shape index (κ3) is 9.46. The van der Waals surface area contributed by atoms with Gasteiger partial charge in [0.05, 0.1) is 24.6 Å². The molecule has 2 atom stereocenters. The molecule has 8 nitrogen and oxygen atoms in total. The van der Waals surface area contributed by atoms with Crippen LogP contribution in [0.1, 0.15) is 39.2 Å². The maximum absolute atomic E-state index is 13.1. The molecule has 1 aromatic rings. The topological polar surface area (TPSA) is 116 Å². The molecule has 0 fully saturated rings. The number of sulfonamides is 1. The van der Waals surface area contributed by atoms with E-state index in [2.05, 4.69) is 12.0 Å². The zero-order valence-corrected chi connectivity index (χ0v) is 19.4. The quantitative estimate of drug-likeness (QED) is 0.257. The number of allylic oxidation sites excluding steroid dienone is 1. The van der Waals surface area contributed by atoms with E-state index in [4.69, 9.17) is 0 Å². The van der Waals surface area contributed by atoms with Gasteiger partial charge in [-0.3, -0.25) is 20.2 Å². The summed E-state index contributed by atoms with van der Waals surface area (Å²) in [5, 5.41) is 9.24. The Morgan fingerprint density at radius 1 is 1.16 bits per heavy atom.